The molecule has 5 heteroatoms. The summed E-state index contributed by atoms with van der Waals surface area (Å²) in [6, 6.07) is 0. The maximum absolute atomic E-state index is 11.6. The van der Waals surface area contributed by atoms with E-state index in [1.54, 1.807) is 0 Å². The summed E-state index contributed by atoms with van der Waals surface area (Å²) >= 11 is 3.37. The van der Waals surface area contributed by atoms with Crippen LogP contribution in [0.1, 0.15) is 19.3 Å². The maximum atomic E-state index is 11.6. The van der Waals surface area contributed by atoms with Gasteiger partial charge in [-0.2, -0.15) is 0 Å². The lowest BCUT2D eigenvalue weighted by Gasteiger charge is -2.29. The van der Waals surface area contributed by atoms with Gasteiger partial charge >= 0.3 is 0 Å². The Labute approximate surface area is 98.7 Å². The summed E-state index contributed by atoms with van der Waals surface area (Å²) in [6.45, 7) is 2.67. The number of carbonyl (C=O) groups excluding carboxylic acids is 1. The van der Waals surface area contributed by atoms with Gasteiger partial charge in [-0.25, -0.2) is 0 Å². The molecule has 15 heavy (non-hydrogen) atoms. The van der Waals surface area contributed by atoms with E-state index < -0.39 is 0 Å². The Balaban J connectivity index is 2.12. The van der Waals surface area contributed by atoms with Crippen molar-refractivity contribution in [1.29, 1.82) is 0 Å². The fourth-order valence-electron chi connectivity index (χ4n) is 1.64. The number of carbonyl (C=O) groups is 1. The van der Waals surface area contributed by atoms with E-state index in [-0.39, 0.29) is 17.3 Å². The summed E-state index contributed by atoms with van der Waals surface area (Å²) in [6.07, 6.45) is 2.85. The first-order valence-electron chi connectivity index (χ1n) is 5.37. The predicted octanol–water partition coefficient (Wildman–Crippen LogP) is 0.771. The molecule has 1 aliphatic heterocycles. The molecule has 4 nitrogen and oxygen atoms in total. The van der Waals surface area contributed by atoms with E-state index in [4.69, 9.17) is 9.84 Å². The molecule has 0 bridgehead atoms. The van der Waals surface area contributed by atoms with Crippen LogP contribution >= 0.6 is 15.9 Å². The maximum Gasteiger partial charge on any atom is 0.236 e. The first-order valence-corrected chi connectivity index (χ1v) is 6.28. The van der Waals surface area contributed by atoms with Gasteiger partial charge < -0.3 is 14.7 Å². The molecule has 1 N–H and O–H groups in total. The van der Waals surface area contributed by atoms with E-state index in [1.807, 2.05) is 4.90 Å². The number of aliphatic hydroxyl groups excluding tert-OH is 1. The van der Waals surface area contributed by atoms with Crippen molar-refractivity contribution in [2.75, 3.05) is 32.9 Å². The molecule has 1 amide bonds. The number of nitrogens with zero attached hydrogens (tertiary/aromatic N) is 1. The van der Waals surface area contributed by atoms with Crippen molar-refractivity contribution < 1.29 is 14.6 Å². The minimum atomic E-state index is 0.00427. The highest BCUT2D eigenvalue weighted by atomic mass is 79.9. The van der Waals surface area contributed by atoms with Crippen LogP contribution in [0.4, 0.5) is 0 Å². The van der Waals surface area contributed by atoms with Crippen LogP contribution in [0.15, 0.2) is 0 Å². The third-order valence-electron chi connectivity index (χ3n) is 2.42. The first-order chi connectivity index (χ1) is 7.25. The molecule has 1 atom stereocenters. The van der Waals surface area contributed by atoms with Gasteiger partial charge in [0.05, 0.1) is 18.0 Å². The molecule has 88 valence electrons. The third-order valence-corrected chi connectivity index (χ3v) is 3.27. The van der Waals surface area contributed by atoms with Gasteiger partial charge in [0, 0.05) is 19.7 Å². The van der Waals surface area contributed by atoms with E-state index in [9.17, 15) is 4.79 Å². The molecule has 1 unspecified atom stereocenters. The highest BCUT2D eigenvalue weighted by molar-refractivity contribution is 9.10. The lowest BCUT2D eigenvalue weighted by atomic mass is 10.1. The Hall–Kier alpha value is -0.130. The van der Waals surface area contributed by atoms with Crippen molar-refractivity contribution in [3.63, 3.8) is 0 Å². The quantitative estimate of drug-likeness (QED) is 0.577. The lowest BCUT2D eigenvalue weighted by Crippen LogP contribution is -2.42. The smallest absolute Gasteiger partial charge is 0.236 e. The molecule has 0 saturated carbocycles. The zero-order valence-electron chi connectivity index (χ0n) is 8.82. The molecule has 0 aromatic heterocycles. The van der Waals surface area contributed by atoms with Crippen molar-refractivity contribution >= 4 is 21.8 Å². The topological polar surface area (TPSA) is 49.8 Å². The minimum absolute atomic E-state index is 0.00427. The van der Waals surface area contributed by atoms with Crippen molar-refractivity contribution in [1.82, 2.24) is 4.90 Å². The van der Waals surface area contributed by atoms with Crippen LogP contribution in [-0.4, -0.2) is 53.7 Å². The number of aliphatic hydroxyl groups is 1. The summed E-state index contributed by atoms with van der Waals surface area (Å²) in [5, 5.41) is 8.50. The Morgan fingerprint density at radius 2 is 2.33 bits per heavy atom. The second-order valence-corrected chi connectivity index (χ2v) is 4.73. The van der Waals surface area contributed by atoms with Gasteiger partial charge in [0.25, 0.3) is 0 Å². The van der Waals surface area contributed by atoms with Gasteiger partial charge in [0.15, 0.2) is 0 Å². The van der Waals surface area contributed by atoms with Gasteiger partial charge in [0.2, 0.25) is 5.91 Å². The second kappa shape index (κ2) is 7.19. The molecule has 1 rings (SSSR count). The predicted molar refractivity (Wildman–Crippen MR) is 61.1 cm³/mol. The van der Waals surface area contributed by atoms with E-state index in [1.165, 1.54) is 0 Å². The fourth-order valence-corrected chi connectivity index (χ4v) is 2.25. The van der Waals surface area contributed by atoms with Crippen molar-refractivity contribution in [3.8, 4) is 0 Å². The second-order valence-electron chi connectivity index (χ2n) is 3.62. The number of likely N-dealkylation sites (tertiary alicyclic amines) is 1. The molecule has 1 heterocycles. The fraction of sp³-hybridized carbons (Fsp3) is 0.900. The number of hydrogen-bond donors (Lipinski definition) is 1. The van der Waals surface area contributed by atoms with E-state index in [0.717, 1.165) is 32.4 Å². The number of alkyl halides is 1. The Morgan fingerprint density at radius 3 is 3.07 bits per heavy atom. The lowest BCUT2D eigenvalue weighted by molar-refractivity contribution is -0.132. The molecule has 1 fully saturated rings. The summed E-state index contributed by atoms with van der Waals surface area (Å²) < 4.78 is 5.14. The first kappa shape index (κ1) is 12.9. The number of amides is 1. The number of rotatable bonds is 6. The summed E-state index contributed by atoms with van der Waals surface area (Å²) in [7, 11) is 0. The summed E-state index contributed by atoms with van der Waals surface area (Å²) in [4.78, 5) is 13.5. The number of halogens is 1. The Bertz CT molecular complexity index is 201. The van der Waals surface area contributed by atoms with E-state index >= 15 is 0 Å². The molecule has 0 aromatic rings. The van der Waals surface area contributed by atoms with Gasteiger partial charge in [-0.05, 0) is 19.3 Å². The zero-order valence-corrected chi connectivity index (χ0v) is 10.4. The Morgan fingerprint density at radius 1 is 1.53 bits per heavy atom. The number of piperidine rings is 1. The van der Waals surface area contributed by atoms with Crippen LogP contribution in [0, 0.1) is 0 Å². The SMILES string of the molecule is O=C1C(Br)CCCN1CCCOCCO. The van der Waals surface area contributed by atoms with E-state index in [2.05, 4.69) is 15.9 Å². The van der Waals surface area contributed by atoms with Gasteiger partial charge in [0.1, 0.15) is 0 Å². The number of hydrogen-bond acceptors (Lipinski definition) is 3. The molecule has 0 radical (unpaired) electrons. The largest absolute Gasteiger partial charge is 0.394 e. The van der Waals surface area contributed by atoms with Crippen molar-refractivity contribution in [3.05, 3.63) is 0 Å². The van der Waals surface area contributed by atoms with Crippen LogP contribution in [-0.2, 0) is 9.53 Å². The molecule has 0 aromatic carbocycles. The van der Waals surface area contributed by atoms with Crippen molar-refractivity contribution in [2.45, 2.75) is 24.1 Å². The normalized spacial score (nSPS) is 22.1. The molecule has 1 saturated heterocycles. The monoisotopic (exact) mass is 279 g/mol. The standard InChI is InChI=1S/C10H18BrNO3/c11-9-3-1-4-12(10(9)14)5-2-7-15-8-6-13/h9,13H,1-8H2. The average molecular weight is 280 g/mol. The zero-order chi connectivity index (χ0) is 11.1. The van der Waals surface area contributed by atoms with Crippen LogP contribution in [0.5, 0.6) is 0 Å². The highest BCUT2D eigenvalue weighted by Gasteiger charge is 2.25. The Kier molecular flexibility index (Phi) is 6.20. The minimum Gasteiger partial charge on any atom is -0.394 e. The van der Waals surface area contributed by atoms with Gasteiger partial charge in [-0.15, -0.1) is 0 Å². The molecular formula is C10H18BrNO3. The third kappa shape index (κ3) is 4.49. The molecule has 1 aliphatic rings. The van der Waals surface area contributed by atoms with Crippen LogP contribution < -0.4 is 0 Å². The highest BCUT2D eigenvalue weighted by Crippen LogP contribution is 2.18. The summed E-state index contributed by atoms with van der Waals surface area (Å²) in [5.74, 6) is 0.198. The average Bonchev–Trinajstić information content (AvgIpc) is 2.24. The van der Waals surface area contributed by atoms with Crippen LogP contribution in [0.3, 0.4) is 0 Å². The van der Waals surface area contributed by atoms with Gasteiger partial charge in [-0.1, -0.05) is 15.9 Å². The van der Waals surface area contributed by atoms with Crippen LogP contribution in [0.25, 0.3) is 0 Å². The van der Waals surface area contributed by atoms with E-state index in [0.29, 0.717) is 13.2 Å². The molecule has 0 spiro atoms. The molecule has 0 aliphatic carbocycles. The van der Waals surface area contributed by atoms with Crippen molar-refractivity contribution in [2.24, 2.45) is 0 Å². The number of ether oxygens (including phenoxy) is 1. The van der Waals surface area contributed by atoms with Crippen LogP contribution in [0.2, 0.25) is 0 Å². The molecular weight excluding hydrogens is 262 g/mol. The van der Waals surface area contributed by atoms with Gasteiger partial charge in [-0.3, -0.25) is 4.79 Å². The summed E-state index contributed by atoms with van der Waals surface area (Å²) in [5.41, 5.74) is 0.